The number of likely N-dealkylation sites (N-methyl/N-ethyl adjacent to an activating group) is 2. The van der Waals surface area contributed by atoms with Crippen LogP contribution in [-0.2, 0) is 14.4 Å². The molecule has 3 aliphatic carbocycles. The first-order valence-electron chi connectivity index (χ1n) is 12.3. The number of nitrogens with two attached hydrogens (primary N) is 1. The number of phenolic OH excluding ortho intramolecular Hbond substituents is 1. The van der Waals surface area contributed by atoms with Crippen LogP contribution in [0.15, 0.2) is 28.7 Å². The number of aliphatic hydroxyl groups is 4. The SMILES string of the molecule is C[C@H]1c2cc(Cl)c(NC(=O)CN(C)C)c(O)c2C(=O)C2=C(O)[C@]3(O)C(=O)C(C(N)=O)=C(O)[C@H](N(C)C)[C@@H]3[C@@H](O)[C@H]21. The van der Waals surface area contributed by atoms with Crippen molar-refractivity contribution >= 4 is 40.7 Å². The van der Waals surface area contributed by atoms with Crippen LogP contribution in [0.1, 0.15) is 28.8 Å². The van der Waals surface area contributed by atoms with Gasteiger partial charge in [0.25, 0.3) is 5.91 Å². The Kier molecular flexibility index (Phi) is 7.27. The van der Waals surface area contributed by atoms with Crippen LogP contribution in [0, 0.1) is 11.8 Å². The molecule has 2 amide bonds. The van der Waals surface area contributed by atoms with E-state index in [1.165, 1.54) is 25.1 Å². The molecule has 6 atom stereocenters. The fourth-order valence-electron chi connectivity index (χ4n) is 6.24. The van der Waals surface area contributed by atoms with Gasteiger partial charge in [0.1, 0.15) is 22.8 Å². The Balaban J connectivity index is 1.97. The Bertz CT molecular complexity index is 1420. The van der Waals surface area contributed by atoms with Gasteiger partial charge in [-0.2, -0.15) is 0 Å². The predicted octanol–water partition coefficient (Wildman–Crippen LogP) is -0.194. The standard InChI is InChI=1S/C26H31ClN4O9/c1-8-9-6-10(27)17(29-11(32)7-30(2)3)21(35)13(9)19(33)14-12(8)20(34)16-18(31(4)5)22(36)15(25(28)39)24(38)26(16,40)23(14)37/h6,8,12,16,18,20,34-37,40H,7H2,1-5H3,(H2,28,39)(H,29,32)/t8-,12-,16+,18+,20-,26-/m0/s1. The fraction of sp³-hybridized carbons (Fsp3) is 0.462. The first-order chi connectivity index (χ1) is 18.5. The summed E-state index contributed by atoms with van der Waals surface area (Å²) in [5.74, 6) is -10.8. The van der Waals surface area contributed by atoms with E-state index in [4.69, 9.17) is 17.3 Å². The molecule has 8 N–H and O–H groups in total. The predicted molar refractivity (Wildman–Crippen MR) is 142 cm³/mol. The third-order valence-electron chi connectivity index (χ3n) is 7.93. The molecule has 1 aromatic carbocycles. The lowest BCUT2D eigenvalue weighted by Gasteiger charge is -2.53. The summed E-state index contributed by atoms with van der Waals surface area (Å²) >= 11 is 6.38. The summed E-state index contributed by atoms with van der Waals surface area (Å²) in [4.78, 5) is 54.7. The highest BCUT2D eigenvalue weighted by Crippen LogP contribution is 2.56. The number of hydrogen-bond donors (Lipinski definition) is 7. The maximum atomic E-state index is 13.9. The van der Waals surface area contributed by atoms with Gasteiger partial charge in [-0.15, -0.1) is 0 Å². The number of aliphatic hydroxyl groups excluding tert-OH is 3. The van der Waals surface area contributed by atoms with E-state index in [1.807, 2.05) is 0 Å². The van der Waals surface area contributed by atoms with Crippen LogP contribution in [0.2, 0.25) is 5.02 Å². The lowest BCUT2D eigenvalue weighted by atomic mass is 9.55. The molecule has 0 aromatic heterocycles. The zero-order valence-corrected chi connectivity index (χ0v) is 23.1. The Hall–Kier alpha value is -3.49. The number of amides is 2. The number of halogens is 1. The van der Waals surface area contributed by atoms with Crippen LogP contribution < -0.4 is 11.1 Å². The maximum Gasteiger partial charge on any atom is 0.255 e. The zero-order chi connectivity index (χ0) is 30.2. The van der Waals surface area contributed by atoms with Gasteiger partial charge in [0.15, 0.2) is 17.1 Å². The molecule has 1 aromatic rings. The number of rotatable bonds is 5. The smallest absolute Gasteiger partial charge is 0.255 e. The average molecular weight is 579 g/mol. The fourth-order valence-corrected chi connectivity index (χ4v) is 6.49. The Morgan fingerprint density at radius 1 is 1.15 bits per heavy atom. The number of hydrogen-bond acceptors (Lipinski definition) is 11. The topological polar surface area (TPSA) is 214 Å². The van der Waals surface area contributed by atoms with Crippen molar-refractivity contribution in [2.24, 2.45) is 17.6 Å². The van der Waals surface area contributed by atoms with Gasteiger partial charge in [-0.05, 0) is 45.7 Å². The van der Waals surface area contributed by atoms with Gasteiger partial charge in [-0.25, -0.2) is 0 Å². The number of nitrogens with one attached hydrogen (secondary N) is 1. The number of Topliss-reactive ketones (excluding diaryl/α,β-unsaturated/α-hetero) is 2. The van der Waals surface area contributed by atoms with Gasteiger partial charge < -0.3 is 41.5 Å². The summed E-state index contributed by atoms with van der Waals surface area (Å²) < 4.78 is 0. The number of phenols is 1. The molecule has 0 unspecified atom stereocenters. The van der Waals surface area contributed by atoms with Crippen molar-refractivity contribution in [3.8, 4) is 5.75 Å². The summed E-state index contributed by atoms with van der Waals surface area (Å²) in [6.07, 6.45) is -1.73. The molecule has 13 nitrogen and oxygen atoms in total. The second kappa shape index (κ2) is 9.85. The number of primary amides is 1. The molecule has 216 valence electrons. The van der Waals surface area contributed by atoms with Crippen molar-refractivity contribution in [1.29, 1.82) is 0 Å². The molecule has 3 aliphatic rings. The summed E-state index contributed by atoms with van der Waals surface area (Å²) in [6, 6.07) is -0.0111. The molecule has 0 spiro atoms. The van der Waals surface area contributed by atoms with Crippen molar-refractivity contribution < 1.29 is 44.7 Å². The Morgan fingerprint density at radius 3 is 2.27 bits per heavy atom. The molecule has 0 fully saturated rings. The van der Waals surface area contributed by atoms with Gasteiger partial charge in [0, 0.05) is 11.5 Å². The average Bonchev–Trinajstić information content (AvgIpc) is 2.83. The molecule has 0 heterocycles. The van der Waals surface area contributed by atoms with E-state index in [1.54, 1.807) is 25.9 Å². The quantitative estimate of drug-likeness (QED) is 0.179. The lowest BCUT2D eigenvalue weighted by molar-refractivity contribution is -0.162. The van der Waals surface area contributed by atoms with E-state index in [0.717, 1.165) is 0 Å². The Labute approximate surface area is 234 Å². The minimum Gasteiger partial charge on any atom is -0.510 e. The van der Waals surface area contributed by atoms with E-state index >= 15 is 0 Å². The monoisotopic (exact) mass is 578 g/mol. The second-order valence-corrected chi connectivity index (χ2v) is 11.3. The third-order valence-corrected chi connectivity index (χ3v) is 8.23. The van der Waals surface area contributed by atoms with Crippen molar-refractivity contribution in [2.75, 3.05) is 40.1 Å². The molecular formula is C26H31ClN4O9. The highest BCUT2D eigenvalue weighted by Gasteiger charge is 2.67. The minimum atomic E-state index is -3.02. The molecule has 4 rings (SSSR count). The minimum absolute atomic E-state index is 0.0659. The molecule has 0 saturated carbocycles. The third kappa shape index (κ3) is 3.99. The van der Waals surface area contributed by atoms with Gasteiger partial charge in [0.05, 0.1) is 35.2 Å². The Morgan fingerprint density at radius 2 is 1.75 bits per heavy atom. The van der Waals surface area contributed by atoms with Crippen LogP contribution in [0.5, 0.6) is 5.75 Å². The summed E-state index contributed by atoms with van der Waals surface area (Å²) in [5.41, 5.74) is 0.325. The van der Waals surface area contributed by atoms with E-state index in [0.29, 0.717) is 0 Å². The first-order valence-corrected chi connectivity index (χ1v) is 12.7. The van der Waals surface area contributed by atoms with Crippen molar-refractivity contribution in [2.45, 2.75) is 30.6 Å². The van der Waals surface area contributed by atoms with E-state index in [-0.39, 0.29) is 28.4 Å². The normalized spacial score (nSPS) is 29.9. The van der Waals surface area contributed by atoms with Crippen LogP contribution >= 0.6 is 11.6 Å². The van der Waals surface area contributed by atoms with Gasteiger partial charge in [0.2, 0.25) is 11.7 Å². The first kappa shape index (κ1) is 29.5. The number of carbonyl (C=O) groups excluding carboxylic acids is 4. The largest absolute Gasteiger partial charge is 0.510 e. The van der Waals surface area contributed by atoms with Crippen LogP contribution in [-0.4, -0.2) is 111 Å². The van der Waals surface area contributed by atoms with E-state index < -0.39 is 87.3 Å². The van der Waals surface area contributed by atoms with Crippen molar-refractivity contribution in [1.82, 2.24) is 9.80 Å². The number of fused-ring (bicyclic) bond motifs is 3. The molecule has 0 radical (unpaired) electrons. The number of anilines is 1. The number of nitrogens with zero attached hydrogens (tertiary/aromatic N) is 2. The van der Waals surface area contributed by atoms with Gasteiger partial charge in [-0.1, -0.05) is 18.5 Å². The summed E-state index contributed by atoms with van der Waals surface area (Å²) in [7, 11) is 6.19. The highest BCUT2D eigenvalue weighted by molar-refractivity contribution is 6.35. The number of ketones is 2. The molecule has 40 heavy (non-hydrogen) atoms. The van der Waals surface area contributed by atoms with Gasteiger partial charge >= 0.3 is 0 Å². The van der Waals surface area contributed by atoms with Crippen LogP contribution in [0.25, 0.3) is 0 Å². The van der Waals surface area contributed by atoms with Crippen LogP contribution in [0.4, 0.5) is 5.69 Å². The van der Waals surface area contributed by atoms with Crippen LogP contribution in [0.3, 0.4) is 0 Å². The lowest BCUT2D eigenvalue weighted by Crippen LogP contribution is -2.68. The summed E-state index contributed by atoms with van der Waals surface area (Å²) in [5, 5.41) is 59.1. The zero-order valence-electron chi connectivity index (χ0n) is 22.4. The molecule has 0 saturated heterocycles. The number of benzene rings is 1. The highest BCUT2D eigenvalue weighted by atomic mass is 35.5. The second-order valence-electron chi connectivity index (χ2n) is 10.9. The number of aromatic hydroxyl groups is 1. The summed E-state index contributed by atoms with van der Waals surface area (Å²) in [6.45, 7) is 1.51. The van der Waals surface area contributed by atoms with E-state index in [9.17, 15) is 44.7 Å². The van der Waals surface area contributed by atoms with E-state index in [2.05, 4.69) is 5.32 Å². The maximum absolute atomic E-state index is 13.9. The molecular weight excluding hydrogens is 548 g/mol. The molecule has 0 aliphatic heterocycles. The number of carbonyl (C=O) groups is 4. The van der Waals surface area contributed by atoms with Gasteiger partial charge in [-0.3, -0.25) is 24.1 Å². The molecule has 0 bridgehead atoms. The van der Waals surface area contributed by atoms with Crippen molar-refractivity contribution in [3.05, 3.63) is 44.9 Å². The van der Waals surface area contributed by atoms with Crippen molar-refractivity contribution in [3.63, 3.8) is 0 Å². The molecule has 14 heteroatoms.